The van der Waals surface area contributed by atoms with Crippen molar-refractivity contribution in [2.45, 2.75) is 0 Å². The maximum atomic E-state index is 5.87. The van der Waals surface area contributed by atoms with Crippen LogP contribution in [0.25, 0.3) is 49.6 Å². The molecule has 6 aromatic rings. The zero-order valence-corrected chi connectivity index (χ0v) is 15.2. The third kappa shape index (κ3) is 2.15. The van der Waals surface area contributed by atoms with Crippen LogP contribution in [0.2, 0.25) is 0 Å². The van der Waals surface area contributed by atoms with E-state index in [9.17, 15) is 0 Å². The molecule has 132 valence electrons. The van der Waals surface area contributed by atoms with Crippen molar-refractivity contribution in [2.24, 2.45) is 0 Å². The van der Waals surface area contributed by atoms with E-state index in [2.05, 4.69) is 95.6 Å². The van der Waals surface area contributed by atoms with Gasteiger partial charge in [-0.05, 0) is 47.5 Å². The summed E-state index contributed by atoms with van der Waals surface area (Å²) in [7, 11) is 0. The van der Waals surface area contributed by atoms with Crippen LogP contribution in [0.15, 0.2) is 108 Å². The van der Waals surface area contributed by atoms with Gasteiger partial charge >= 0.3 is 0 Å². The third-order valence-corrected chi connectivity index (χ3v) is 5.47. The number of para-hydroxylation sites is 1. The second kappa shape index (κ2) is 5.86. The Morgan fingerprint density at radius 1 is 0.607 bits per heavy atom. The molecule has 0 amide bonds. The first kappa shape index (κ1) is 15.3. The SMILES string of the molecule is c1ccc(-c2cccc(-n3c4ccccc4c4c5occc5ccc43)c2)cc1. The molecule has 0 unspecified atom stereocenters. The van der Waals surface area contributed by atoms with Gasteiger partial charge in [-0.25, -0.2) is 0 Å². The summed E-state index contributed by atoms with van der Waals surface area (Å²) in [6.07, 6.45) is 1.77. The number of rotatable bonds is 2. The van der Waals surface area contributed by atoms with E-state index in [-0.39, 0.29) is 0 Å². The number of benzene rings is 4. The van der Waals surface area contributed by atoms with Gasteiger partial charge in [0, 0.05) is 16.5 Å². The van der Waals surface area contributed by atoms with Crippen molar-refractivity contribution in [3.63, 3.8) is 0 Å². The molecule has 28 heavy (non-hydrogen) atoms. The van der Waals surface area contributed by atoms with Crippen molar-refractivity contribution in [3.8, 4) is 16.8 Å². The predicted molar refractivity (Wildman–Crippen MR) is 116 cm³/mol. The third-order valence-electron chi connectivity index (χ3n) is 5.47. The summed E-state index contributed by atoms with van der Waals surface area (Å²) in [6, 6.07) is 34.1. The Hall–Kier alpha value is -3.78. The Bertz CT molecular complexity index is 1450. The van der Waals surface area contributed by atoms with E-state index in [4.69, 9.17) is 4.42 Å². The van der Waals surface area contributed by atoms with Gasteiger partial charge < -0.3 is 8.98 Å². The molecular weight excluding hydrogens is 342 g/mol. The maximum Gasteiger partial charge on any atom is 0.143 e. The molecule has 2 aromatic heterocycles. The zero-order chi connectivity index (χ0) is 18.5. The van der Waals surface area contributed by atoms with Crippen LogP contribution in [-0.2, 0) is 0 Å². The summed E-state index contributed by atoms with van der Waals surface area (Å²) in [5.41, 5.74) is 6.88. The van der Waals surface area contributed by atoms with Gasteiger partial charge in [-0.15, -0.1) is 0 Å². The Labute approximate surface area is 162 Å². The number of aromatic nitrogens is 1. The second-order valence-electron chi connectivity index (χ2n) is 7.07. The van der Waals surface area contributed by atoms with E-state index >= 15 is 0 Å². The Kier molecular flexibility index (Phi) is 3.20. The summed E-state index contributed by atoms with van der Waals surface area (Å²) in [4.78, 5) is 0. The number of furan rings is 1. The van der Waals surface area contributed by atoms with Gasteiger partial charge in [0.2, 0.25) is 0 Å². The van der Waals surface area contributed by atoms with Crippen LogP contribution in [0.1, 0.15) is 0 Å². The minimum atomic E-state index is 0.951. The van der Waals surface area contributed by atoms with Crippen molar-refractivity contribution < 1.29 is 4.42 Å². The summed E-state index contributed by atoms with van der Waals surface area (Å²) in [5.74, 6) is 0. The number of hydrogen-bond donors (Lipinski definition) is 0. The Balaban J connectivity index is 1.71. The molecule has 0 saturated heterocycles. The first-order chi connectivity index (χ1) is 13.9. The van der Waals surface area contributed by atoms with Gasteiger partial charge in [0.25, 0.3) is 0 Å². The normalized spacial score (nSPS) is 11.6. The molecule has 6 rings (SSSR count). The minimum Gasteiger partial charge on any atom is -0.464 e. The van der Waals surface area contributed by atoms with Gasteiger partial charge in [-0.2, -0.15) is 0 Å². The van der Waals surface area contributed by atoms with Gasteiger partial charge in [0.05, 0.1) is 22.7 Å². The Morgan fingerprint density at radius 3 is 2.36 bits per heavy atom. The molecule has 2 heterocycles. The van der Waals surface area contributed by atoms with E-state index in [1.807, 2.05) is 6.07 Å². The monoisotopic (exact) mass is 359 g/mol. The molecular formula is C26H17NO. The predicted octanol–water partition coefficient (Wildman–Crippen LogP) is 7.20. The van der Waals surface area contributed by atoms with E-state index in [1.165, 1.54) is 27.4 Å². The molecule has 0 aliphatic carbocycles. The molecule has 0 aliphatic heterocycles. The molecule has 0 radical (unpaired) electrons. The average Bonchev–Trinajstić information content (AvgIpc) is 3.36. The quantitative estimate of drug-likeness (QED) is 0.320. The van der Waals surface area contributed by atoms with Gasteiger partial charge in [-0.1, -0.05) is 60.7 Å². The summed E-state index contributed by atoms with van der Waals surface area (Å²) < 4.78 is 8.20. The molecule has 0 bridgehead atoms. The van der Waals surface area contributed by atoms with Crippen LogP contribution in [0.5, 0.6) is 0 Å². The molecule has 2 heteroatoms. The standard InChI is InChI=1S/C26H17NO/c1-2-7-18(8-3-1)20-9-6-10-21(17-20)27-23-12-5-4-11-22(23)25-24(27)14-13-19-15-16-28-26(19)25/h1-17H. The van der Waals surface area contributed by atoms with Crippen molar-refractivity contribution in [1.29, 1.82) is 0 Å². The van der Waals surface area contributed by atoms with Crippen molar-refractivity contribution in [3.05, 3.63) is 103 Å². The summed E-state index contributed by atoms with van der Waals surface area (Å²) in [5, 5.41) is 3.51. The van der Waals surface area contributed by atoms with E-state index in [0.29, 0.717) is 0 Å². The molecule has 0 N–H and O–H groups in total. The van der Waals surface area contributed by atoms with Crippen LogP contribution < -0.4 is 0 Å². The van der Waals surface area contributed by atoms with Crippen LogP contribution in [-0.4, -0.2) is 4.57 Å². The van der Waals surface area contributed by atoms with Crippen LogP contribution in [0.3, 0.4) is 0 Å². The lowest BCUT2D eigenvalue weighted by atomic mass is 10.1. The molecule has 0 spiro atoms. The van der Waals surface area contributed by atoms with E-state index < -0.39 is 0 Å². The lowest BCUT2D eigenvalue weighted by Gasteiger charge is -2.10. The number of fused-ring (bicyclic) bond motifs is 5. The van der Waals surface area contributed by atoms with Gasteiger partial charge in [0.15, 0.2) is 0 Å². The average molecular weight is 359 g/mol. The summed E-state index contributed by atoms with van der Waals surface area (Å²) in [6.45, 7) is 0. The highest BCUT2D eigenvalue weighted by Crippen LogP contribution is 2.37. The fraction of sp³-hybridized carbons (Fsp3) is 0. The molecule has 4 aromatic carbocycles. The fourth-order valence-electron chi connectivity index (χ4n) is 4.21. The lowest BCUT2D eigenvalue weighted by molar-refractivity contribution is 0.619. The number of nitrogens with zero attached hydrogens (tertiary/aromatic N) is 1. The first-order valence-electron chi connectivity index (χ1n) is 9.45. The highest BCUT2D eigenvalue weighted by Gasteiger charge is 2.16. The summed E-state index contributed by atoms with van der Waals surface area (Å²) >= 11 is 0. The Morgan fingerprint density at radius 2 is 1.43 bits per heavy atom. The van der Waals surface area contributed by atoms with Crippen molar-refractivity contribution in [2.75, 3.05) is 0 Å². The molecule has 2 nitrogen and oxygen atoms in total. The molecule has 0 saturated carbocycles. The fourth-order valence-corrected chi connectivity index (χ4v) is 4.21. The van der Waals surface area contributed by atoms with Crippen LogP contribution in [0, 0.1) is 0 Å². The number of hydrogen-bond acceptors (Lipinski definition) is 1. The highest BCUT2D eigenvalue weighted by atomic mass is 16.3. The van der Waals surface area contributed by atoms with Gasteiger partial charge in [-0.3, -0.25) is 0 Å². The van der Waals surface area contributed by atoms with E-state index in [0.717, 1.165) is 22.2 Å². The van der Waals surface area contributed by atoms with E-state index in [1.54, 1.807) is 6.26 Å². The lowest BCUT2D eigenvalue weighted by Crippen LogP contribution is -1.94. The van der Waals surface area contributed by atoms with Crippen LogP contribution in [0.4, 0.5) is 0 Å². The largest absolute Gasteiger partial charge is 0.464 e. The zero-order valence-electron chi connectivity index (χ0n) is 15.2. The second-order valence-corrected chi connectivity index (χ2v) is 7.07. The van der Waals surface area contributed by atoms with Crippen LogP contribution >= 0.6 is 0 Å². The molecule has 0 fully saturated rings. The highest BCUT2D eigenvalue weighted by molar-refractivity contribution is 6.19. The smallest absolute Gasteiger partial charge is 0.143 e. The van der Waals surface area contributed by atoms with Gasteiger partial charge in [0.1, 0.15) is 5.58 Å². The van der Waals surface area contributed by atoms with Crippen molar-refractivity contribution >= 4 is 32.8 Å². The first-order valence-corrected chi connectivity index (χ1v) is 9.45. The molecule has 0 aliphatic rings. The maximum absolute atomic E-state index is 5.87. The topological polar surface area (TPSA) is 18.1 Å². The molecule has 0 atom stereocenters. The minimum absolute atomic E-state index is 0.951. The van der Waals surface area contributed by atoms with Crippen molar-refractivity contribution in [1.82, 2.24) is 4.57 Å².